The fourth-order valence-electron chi connectivity index (χ4n) is 17.0. The van der Waals surface area contributed by atoms with E-state index in [4.69, 9.17) is 89.0 Å². The molecule has 0 radical (unpaired) electrons. The average molecular weight is 2190 g/mol. The summed E-state index contributed by atoms with van der Waals surface area (Å²) < 4.78 is 69.4. The number of anilines is 7. The number of nitrogens with two attached hydrogens (primary N) is 6. The van der Waals surface area contributed by atoms with Crippen molar-refractivity contribution in [3.05, 3.63) is 192 Å². The first kappa shape index (κ1) is 118. The van der Waals surface area contributed by atoms with Gasteiger partial charge in [-0.25, -0.2) is 67.8 Å². The lowest BCUT2D eigenvalue weighted by Crippen LogP contribution is -2.41. The molecule has 1 aromatic carbocycles. The van der Waals surface area contributed by atoms with Crippen LogP contribution in [0.2, 0.25) is 11.1 Å². The number of aromatic nitrogens is 8. The van der Waals surface area contributed by atoms with E-state index in [2.05, 4.69) is 103 Å². The topological polar surface area (TPSA) is 449 Å². The van der Waals surface area contributed by atoms with Gasteiger partial charge in [-0.15, -0.1) is 0 Å². The van der Waals surface area contributed by atoms with Crippen LogP contribution in [0.1, 0.15) is 321 Å². The van der Waals surface area contributed by atoms with Gasteiger partial charge in [0, 0.05) is 109 Å². The number of nitrogen functional groups attached to an aromatic ring is 6. The zero-order valence-corrected chi connectivity index (χ0v) is 93.5. The summed E-state index contributed by atoms with van der Waals surface area (Å²) in [6, 6.07) is 30.0. The highest BCUT2D eigenvalue weighted by Gasteiger charge is 2.53. The van der Waals surface area contributed by atoms with Crippen LogP contribution < -0.4 is 44.0 Å². The van der Waals surface area contributed by atoms with Crippen LogP contribution in [0.5, 0.6) is 5.75 Å². The molecule has 0 bridgehead atoms. The Labute approximate surface area is 894 Å². The van der Waals surface area contributed by atoms with Gasteiger partial charge in [-0.05, 0) is 383 Å². The summed E-state index contributed by atoms with van der Waals surface area (Å²) in [6.07, 6.45) is 23.5. The number of aryl methyl sites for hydroxylation is 1. The number of carbonyl (C=O) groups is 4. The number of halogens is 5. The number of fused-ring (bicyclic) bond motifs is 1. The molecule has 6 aliphatic heterocycles. The molecule has 148 heavy (non-hydrogen) atoms. The molecular weight excluding hydrogens is 2040 g/mol. The molecule has 14 N–H and O–H groups in total. The van der Waals surface area contributed by atoms with E-state index < -0.39 is 41.2 Å². The number of likely N-dealkylation sites (tertiary alicyclic amines) is 2. The smallest absolute Gasteiger partial charge is 0.486 e. The van der Waals surface area contributed by atoms with Crippen LogP contribution in [-0.2, 0) is 34.7 Å². The first-order valence-corrected chi connectivity index (χ1v) is 53.8. The molecule has 0 atom stereocenters. The third-order valence-electron chi connectivity index (χ3n) is 26.2. The van der Waals surface area contributed by atoms with Crippen LogP contribution in [0.15, 0.2) is 130 Å². The highest BCUT2D eigenvalue weighted by atomic mass is 79.9. The summed E-state index contributed by atoms with van der Waals surface area (Å²) in [6.45, 7) is 43.4. The van der Waals surface area contributed by atoms with E-state index in [0.717, 1.165) is 128 Å². The van der Waals surface area contributed by atoms with Gasteiger partial charge in [0.2, 0.25) is 5.28 Å². The lowest BCUT2D eigenvalue weighted by Gasteiger charge is -2.34. The van der Waals surface area contributed by atoms with E-state index in [1.54, 1.807) is 21.9 Å². The summed E-state index contributed by atoms with van der Waals surface area (Å²) in [5, 5.41) is 16.4. The Morgan fingerprint density at radius 3 is 1.41 bits per heavy atom. The Morgan fingerprint density at radius 1 is 0.507 bits per heavy atom. The van der Waals surface area contributed by atoms with E-state index >= 15 is 0 Å². The summed E-state index contributed by atoms with van der Waals surface area (Å²) in [7, 11) is -1.35. The van der Waals surface area contributed by atoms with Gasteiger partial charge in [-0.2, -0.15) is 0 Å². The number of rotatable bonds is 13. The van der Waals surface area contributed by atoms with E-state index in [-0.39, 0.29) is 71.3 Å². The summed E-state index contributed by atoms with van der Waals surface area (Å²) in [5.74, 6) is 6.22. The van der Waals surface area contributed by atoms with E-state index in [1.807, 2.05) is 206 Å². The van der Waals surface area contributed by atoms with E-state index in [9.17, 15) is 28.0 Å². The van der Waals surface area contributed by atoms with Crippen molar-refractivity contribution in [3.8, 4) is 17.0 Å². The Kier molecular flexibility index (Phi) is 41.2. The lowest BCUT2D eigenvalue weighted by atomic mass is 9.75. The van der Waals surface area contributed by atoms with Crippen molar-refractivity contribution in [3.63, 3.8) is 0 Å². The minimum atomic E-state index is -1.04. The van der Waals surface area contributed by atoms with Gasteiger partial charge in [-0.1, -0.05) is 62.6 Å². The van der Waals surface area contributed by atoms with Gasteiger partial charge < -0.3 is 102 Å². The van der Waals surface area contributed by atoms with Crippen LogP contribution in [0.25, 0.3) is 16.8 Å². The SMILES string of the molecule is CC(C)(C)OC(=O)N1CC=C(B2OC(C)(C)C(C)(C)O2)CC1.CC(C)(C)OC(=O)N1CC=C(c2ccc(N)nc2C2CC2)CC1.CC(C)(C)OC(=O)N1CCC(c2ccc(N)nc2C2CC2)CC1.CC(C)N1CCOc2c(F)cc(-c3nc(Cl)ncc3F)cc21.CCCc1nc(N)ccc1C1CCN(C(=O)OC(C)(C)C)CC1.Nc1ccc(Br)c(C2CC2)n1.Nc1cccc(Br)n1.Nc1cccc(C2CC2)n1.OB(O)C1CC1. The molecular formula is C109H154B2Br2ClF2N19O13. The molecule has 32 nitrogen and oxygen atoms in total. The Bertz CT molecular complexity index is 5840. The quantitative estimate of drug-likeness (QED) is 0.0230. The lowest BCUT2D eigenvalue weighted by molar-refractivity contribution is 0.00578. The minimum absolute atomic E-state index is 0.0315. The van der Waals surface area contributed by atoms with E-state index in [1.165, 1.54) is 91.1 Å². The summed E-state index contributed by atoms with van der Waals surface area (Å²) in [5.41, 5.74) is 44.3. The first-order chi connectivity index (χ1) is 69.6. The van der Waals surface area contributed by atoms with Crippen LogP contribution in [0.4, 0.5) is 68.6 Å². The van der Waals surface area contributed by atoms with Crippen LogP contribution in [-0.4, -0.2) is 213 Å². The maximum absolute atomic E-state index is 14.3. The fraction of sp³-hybridized carbons (Fsp3) is 0.560. The normalized spacial score (nSPS) is 17.9. The molecule has 7 aromatic heterocycles. The van der Waals surface area contributed by atoms with Gasteiger partial charge >= 0.3 is 38.6 Å². The van der Waals surface area contributed by atoms with Gasteiger partial charge in [0.15, 0.2) is 17.4 Å². The molecule has 4 amide bonds. The zero-order valence-electron chi connectivity index (χ0n) is 89.6. The predicted octanol–water partition coefficient (Wildman–Crippen LogP) is 22.7. The maximum Gasteiger partial charge on any atom is 0.490 e. The van der Waals surface area contributed by atoms with Crippen LogP contribution >= 0.6 is 43.5 Å². The number of nitrogens with zero attached hydrogens (tertiary/aromatic N) is 13. The molecule has 5 aliphatic carbocycles. The molecule has 8 fully saturated rings. The van der Waals surface area contributed by atoms with Crippen molar-refractivity contribution in [1.29, 1.82) is 0 Å². The average Bonchev–Trinajstić information content (AvgIpc) is 1.65. The third-order valence-corrected chi connectivity index (χ3v) is 27.4. The number of hydrogen-bond donors (Lipinski definition) is 8. The largest absolute Gasteiger partial charge is 0.490 e. The van der Waals surface area contributed by atoms with E-state index in [0.29, 0.717) is 121 Å². The second kappa shape index (κ2) is 51.8. The van der Waals surface area contributed by atoms with Crippen molar-refractivity contribution in [2.75, 3.05) is 105 Å². The predicted molar refractivity (Wildman–Crippen MR) is 589 cm³/mol. The fourth-order valence-corrected chi connectivity index (χ4v) is 18.1. The van der Waals surface area contributed by atoms with Crippen LogP contribution in [0, 0.1) is 11.6 Å². The molecule has 11 aliphatic rings. The van der Waals surface area contributed by atoms with Gasteiger partial charge in [0.05, 0.1) is 41.0 Å². The van der Waals surface area contributed by atoms with Crippen molar-refractivity contribution >= 4 is 128 Å². The van der Waals surface area contributed by atoms with Crippen LogP contribution in [0.3, 0.4) is 0 Å². The van der Waals surface area contributed by atoms with Crippen molar-refractivity contribution in [2.45, 2.75) is 328 Å². The van der Waals surface area contributed by atoms with Gasteiger partial charge in [0.1, 0.15) is 74.2 Å². The number of carbonyl (C=O) groups excluding carboxylic acids is 4. The molecule has 13 heterocycles. The highest BCUT2D eigenvalue weighted by molar-refractivity contribution is 9.10. The molecule has 5 saturated carbocycles. The maximum atomic E-state index is 14.3. The molecule has 8 aromatic rings. The minimum Gasteiger partial charge on any atom is -0.486 e. The first-order valence-electron chi connectivity index (χ1n) is 51.8. The summed E-state index contributed by atoms with van der Waals surface area (Å²) >= 11 is 12.3. The number of hydrogen-bond acceptors (Lipinski definition) is 28. The molecule has 39 heteroatoms. The van der Waals surface area contributed by atoms with Crippen molar-refractivity contribution in [2.24, 2.45) is 0 Å². The monoisotopic (exact) mass is 2190 g/mol. The molecule has 804 valence electrons. The van der Waals surface area contributed by atoms with Gasteiger partial charge in [0.25, 0.3) is 0 Å². The standard InChI is InChI=1S/C18H27N3O2.C18H25N3O2.C18H29N3O2.C16H28BNO4.C15H14ClF2N3O.C8H9BrN2.C8H10N2.C5H5BrN2.C3H7BO2/c2*1-18(2,3)23-17(22)21-10-8-12(9-11-21)14-6-7-15(19)20-16(14)13-4-5-13;1-5-6-15-14(7-8-16(19)20-15)13-9-11-21(12-10-13)17(22)23-18(2,3)4;1-14(2,3)20-13(19)18-10-8-12(9-11-18)17-21-15(4,5)16(6,7)22-17;1-8(2)21-3-4-22-14-10(17)5-9(6-12(14)21)13-11(18)7-19-15(16)20-13;9-6-3-4-7(10)11-8(6)5-1-2-5;9-8-3-1-2-7(10-8)6-4-5-6;6-4-2-1-3-5(7)8-4;5-4(6)3-1-2-3/h6-7,12-13H,4-5,8-11H2,1-3H3,(H2,19,20);6-8,13H,4-5,9-11H2,1-3H3,(H2,19,20);7-8,13H,5-6,9-12H2,1-4H3,(H2,19,20);8H,9-11H2,1-7H3;5-8H,3-4H2,1-2H3;3-5H,1-2H2,(H2,10,11);1-3,6H,4-5H2,(H2,9,10);1-3H,(H2,7,8);3,5-6H,1-2H2. The second-order valence-electron chi connectivity index (χ2n) is 44.4. The third kappa shape index (κ3) is 36.8. The van der Waals surface area contributed by atoms with Crippen molar-refractivity contribution in [1.82, 2.24) is 59.5 Å². The second-order valence-corrected chi connectivity index (χ2v) is 46.4. The number of piperidine rings is 2. The number of ether oxygens (including phenoxy) is 5. The number of benzene rings is 1. The highest BCUT2D eigenvalue weighted by Crippen LogP contribution is 2.49. The number of amides is 4. The van der Waals surface area contributed by atoms with Crippen molar-refractivity contribution < 1.29 is 71.0 Å². The van der Waals surface area contributed by atoms with Gasteiger partial charge in [-0.3, -0.25) is 0 Å². The molecule has 0 spiro atoms. The summed E-state index contributed by atoms with van der Waals surface area (Å²) in [4.78, 5) is 91.0. The number of pyridine rings is 6. The Balaban J connectivity index is 0.000000162. The molecule has 3 saturated heterocycles. The zero-order chi connectivity index (χ0) is 108. The Morgan fingerprint density at radius 2 is 0.959 bits per heavy atom. The molecule has 19 rings (SSSR count). The molecule has 0 unspecified atom stereocenters. The Hall–Kier alpha value is -10.8.